The summed E-state index contributed by atoms with van der Waals surface area (Å²) in [4.78, 5) is 25.2. The summed E-state index contributed by atoms with van der Waals surface area (Å²) in [7, 11) is 0. The third-order valence-corrected chi connectivity index (χ3v) is 5.16. The van der Waals surface area contributed by atoms with Gasteiger partial charge in [0.2, 0.25) is 5.82 Å². The lowest BCUT2D eigenvalue weighted by molar-refractivity contribution is -0.146. The fraction of sp³-hybridized carbons (Fsp3) is 0.190. The molecule has 2 aromatic carbocycles. The minimum atomic E-state index is -0.739. The first-order valence-corrected chi connectivity index (χ1v) is 10.1. The maximum absolute atomic E-state index is 13.7. The van der Waals surface area contributed by atoms with E-state index in [1.165, 1.54) is 17.8 Å². The summed E-state index contributed by atoms with van der Waals surface area (Å²) in [6.45, 7) is 3.30. The van der Waals surface area contributed by atoms with Gasteiger partial charge >= 0.3 is 5.97 Å². The molecular weight excluding hydrogens is 407 g/mol. The molecule has 0 saturated heterocycles. The van der Waals surface area contributed by atoms with Gasteiger partial charge in [0.05, 0.1) is 23.0 Å². The van der Waals surface area contributed by atoms with Gasteiger partial charge < -0.3 is 9.26 Å². The van der Waals surface area contributed by atoms with Gasteiger partial charge in [0.25, 0.3) is 5.89 Å². The molecule has 0 amide bonds. The van der Waals surface area contributed by atoms with E-state index in [0.29, 0.717) is 16.2 Å². The maximum Gasteiger partial charge on any atom is 0.317 e. The molecule has 0 saturated carbocycles. The Morgan fingerprint density at radius 3 is 2.80 bits per heavy atom. The summed E-state index contributed by atoms with van der Waals surface area (Å²) in [6, 6.07) is 12.2. The Kier molecular flexibility index (Phi) is 5.71. The van der Waals surface area contributed by atoms with E-state index in [4.69, 9.17) is 9.26 Å². The molecule has 4 rings (SSSR count). The second-order valence-corrected chi connectivity index (χ2v) is 7.53. The number of hydrogen-bond acceptors (Lipinski definition) is 8. The van der Waals surface area contributed by atoms with Gasteiger partial charge in [-0.2, -0.15) is 4.98 Å². The highest BCUT2D eigenvalue weighted by atomic mass is 32.2. The number of aromatic nitrogens is 4. The highest BCUT2D eigenvalue weighted by Gasteiger charge is 2.20. The second-order valence-electron chi connectivity index (χ2n) is 6.54. The number of fused-ring (bicyclic) bond motifs is 1. The summed E-state index contributed by atoms with van der Waals surface area (Å²) < 4.78 is 24.3. The molecule has 0 bridgehead atoms. The van der Waals surface area contributed by atoms with Crippen molar-refractivity contribution in [3.63, 3.8) is 0 Å². The summed E-state index contributed by atoms with van der Waals surface area (Å²) >= 11 is 1.23. The van der Waals surface area contributed by atoms with E-state index in [2.05, 4.69) is 20.1 Å². The van der Waals surface area contributed by atoms with Crippen LogP contribution in [0.15, 0.2) is 58.2 Å². The monoisotopic (exact) mass is 424 g/mol. The van der Waals surface area contributed by atoms with Crippen LogP contribution < -0.4 is 0 Å². The van der Waals surface area contributed by atoms with Crippen LogP contribution in [0.1, 0.15) is 24.5 Å². The minimum absolute atomic E-state index is 0.0571. The highest BCUT2D eigenvalue weighted by Crippen LogP contribution is 2.23. The Hall–Kier alpha value is -3.33. The van der Waals surface area contributed by atoms with Crippen LogP contribution in [0.4, 0.5) is 4.39 Å². The molecule has 0 aliphatic carbocycles. The molecule has 1 unspecified atom stereocenters. The van der Waals surface area contributed by atoms with Crippen molar-refractivity contribution in [1.29, 1.82) is 0 Å². The second kappa shape index (κ2) is 8.58. The first-order valence-electron chi connectivity index (χ1n) is 9.14. The number of nitrogens with zero attached hydrogens (tertiary/aromatic N) is 4. The minimum Gasteiger partial charge on any atom is -0.452 e. The largest absolute Gasteiger partial charge is 0.452 e. The van der Waals surface area contributed by atoms with E-state index in [1.54, 1.807) is 32.2 Å². The fourth-order valence-electron chi connectivity index (χ4n) is 2.67. The molecule has 2 heterocycles. The maximum atomic E-state index is 13.7. The van der Waals surface area contributed by atoms with Crippen molar-refractivity contribution in [2.45, 2.75) is 25.0 Å². The van der Waals surface area contributed by atoms with E-state index in [-0.39, 0.29) is 23.3 Å². The predicted octanol–water partition coefficient (Wildman–Crippen LogP) is 4.52. The fourth-order valence-corrected chi connectivity index (χ4v) is 3.30. The number of thioether (sulfide) groups is 1. The lowest BCUT2D eigenvalue weighted by Gasteiger charge is -2.08. The van der Waals surface area contributed by atoms with E-state index in [0.717, 1.165) is 11.0 Å². The molecule has 9 heteroatoms. The quantitative estimate of drug-likeness (QED) is 0.329. The first kappa shape index (κ1) is 20.0. The van der Waals surface area contributed by atoms with Gasteiger partial charge in [-0.25, -0.2) is 9.37 Å². The zero-order valence-corrected chi connectivity index (χ0v) is 17.0. The standard InChI is InChI=1S/C21H17FN4O3S/c1-12-7-8-14(9-15(12)22)20-25-21(29-26-20)13(2)28-19(27)11-30-18-10-23-16-5-3-4-6-17(16)24-18/h3-10,13H,11H2,1-2H3. The van der Waals surface area contributed by atoms with Gasteiger partial charge in [-0.15, -0.1) is 0 Å². The molecule has 30 heavy (non-hydrogen) atoms. The number of ether oxygens (including phenoxy) is 1. The van der Waals surface area contributed by atoms with Gasteiger partial charge in [-0.05, 0) is 37.6 Å². The van der Waals surface area contributed by atoms with Gasteiger partial charge in [0.15, 0.2) is 6.10 Å². The molecule has 0 fully saturated rings. The van der Waals surface area contributed by atoms with Crippen LogP contribution in [0, 0.1) is 12.7 Å². The van der Waals surface area contributed by atoms with E-state index in [1.807, 2.05) is 24.3 Å². The Morgan fingerprint density at radius 1 is 1.20 bits per heavy atom. The van der Waals surface area contributed by atoms with Crippen LogP contribution in [0.2, 0.25) is 0 Å². The smallest absolute Gasteiger partial charge is 0.317 e. The van der Waals surface area contributed by atoms with Crippen LogP contribution in [-0.2, 0) is 9.53 Å². The Morgan fingerprint density at radius 2 is 2.00 bits per heavy atom. The van der Waals surface area contributed by atoms with E-state index >= 15 is 0 Å². The lowest BCUT2D eigenvalue weighted by atomic mass is 10.1. The van der Waals surface area contributed by atoms with Crippen LogP contribution in [0.3, 0.4) is 0 Å². The van der Waals surface area contributed by atoms with Crippen molar-refractivity contribution in [1.82, 2.24) is 20.1 Å². The highest BCUT2D eigenvalue weighted by molar-refractivity contribution is 7.99. The third-order valence-electron chi connectivity index (χ3n) is 4.29. The molecule has 4 aromatic rings. The topological polar surface area (TPSA) is 91.0 Å². The zero-order valence-electron chi connectivity index (χ0n) is 16.2. The normalized spacial score (nSPS) is 12.1. The third kappa shape index (κ3) is 4.46. The first-order chi connectivity index (χ1) is 14.5. The van der Waals surface area contributed by atoms with Crippen molar-refractivity contribution in [2.24, 2.45) is 0 Å². The Balaban J connectivity index is 1.36. The number of para-hydroxylation sites is 2. The molecule has 1 atom stereocenters. The SMILES string of the molecule is Cc1ccc(-c2noc(C(C)OC(=O)CSc3cnc4ccccc4n3)n2)cc1F. The van der Waals surface area contributed by atoms with Crippen molar-refractivity contribution < 1.29 is 18.4 Å². The molecule has 0 spiro atoms. The van der Waals surface area contributed by atoms with Gasteiger partial charge in [-0.1, -0.05) is 41.2 Å². The zero-order chi connectivity index (χ0) is 21.1. The van der Waals surface area contributed by atoms with Crippen molar-refractivity contribution >= 4 is 28.8 Å². The number of rotatable bonds is 6. The molecule has 2 aromatic heterocycles. The molecule has 0 radical (unpaired) electrons. The summed E-state index contributed by atoms with van der Waals surface area (Å²) in [5, 5.41) is 4.47. The molecule has 0 aliphatic heterocycles. The number of halogens is 1. The van der Waals surface area contributed by atoms with Gasteiger partial charge in [0.1, 0.15) is 10.8 Å². The summed E-state index contributed by atoms with van der Waals surface area (Å²) in [5.41, 5.74) is 2.56. The van der Waals surface area contributed by atoms with Crippen molar-refractivity contribution in [3.05, 3.63) is 65.9 Å². The Bertz CT molecular complexity index is 1210. The molecule has 0 N–H and O–H groups in total. The number of carbonyl (C=O) groups is 1. The van der Waals surface area contributed by atoms with Crippen LogP contribution >= 0.6 is 11.8 Å². The number of aryl methyl sites for hydroxylation is 1. The van der Waals surface area contributed by atoms with Gasteiger partial charge in [0, 0.05) is 5.56 Å². The number of esters is 1. The van der Waals surface area contributed by atoms with E-state index < -0.39 is 12.1 Å². The molecule has 0 aliphatic rings. The number of benzene rings is 2. The number of hydrogen-bond donors (Lipinski definition) is 0. The average molecular weight is 424 g/mol. The lowest BCUT2D eigenvalue weighted by Crippen LogP contribution is -2.11. The van der Waals surface area contributed by atoms with Crippen LogP contribution in [0.25, 0.3) is 22.4 Å². The average Bonchev–Trinajstić information content (AvgIpc) is 3.24. The molecule has 152 valence electrons. The van der Waals surface area contributed by atoms with Crippen LogP contribution in [0.5, 0.6) is 0 Å². The van der Waals surface area contributed by atoms with Crippen LogP contribution in [-0.4, -0.2) is 31.8 Å². The Labute approximate surface area is 175 Å². The molecular formula is C21H17FN4O3S. The van der Waals surface area contributed by atoms with E-state index in [9.17, 15) is 9.18 Å². The van der Waals surface area contributed by atoms with Gasteiger partial charge in [-0.3, -0.25) is 9.78 Å². The summed E-state index contributed by atoms with van der Waals surface area (Å²) in [5.74, 6) is -0.389. The molecule has 7 nitrogen and oxygen atoms in total. The van der Waals surface area contributed by atoms with Crippen molar-refractivity contribution in [2.75, 3.05) is 5.75 Å². The predicted molar refractivity (Wildman–Crippen MR) is 109 cm³/mol. The van der Waals surface area contributed by atoms with Crippen molar-refractivity contribution in [3.8, 4) is 11.4 Å². The number of carbonyl (C=O) groups excluding carboxylic acids is 1. The summed E-state index contributed by atoms with van der Waals surface area (Å²) in [6.07, 6.45) is 0.881.